The average Bonchev–Trinajstić information content (AvgIpc) is 2.69. The van der Waals surface area contributed by atoms with Crippen LogP contribution in [0.5, 0.6) is 0 Å². The number of nitriles is 1. The largest absolute Gasteiger partial charge is 0.465 e. The summed E-state index contributed by atoms with van der Waals surface area (Å²) in [5.74, 6) is -0.902. The molecule has 0 spiro atoms. The molecular weight excluding hydrogens is 182 g/mol. The van der Waals surface area contributed by atoms with Gasteiger partial charge in [0, 0.05) is 12.3 Å². The lowest BCUT2D eigenvalue weighted by Gasteiger charge is -2.09. The van der Waals surface area contributed by atoms with Gasteiger partial charge < -0.3 is 4.74 Å². The van der Waals surface area contributed by atoms with Gasteiger partial charge in [-0.15, -0.1) is 0 Å². The van der Waals surface area contributed by atoms with E-state index in [1.54, 1.807) is 6.92 Å². The Morgan fingerprint density at radius 2 is 2.50 bits per heavy atom. The van der Waals surface area contributed by atoms with Crippen LogP contribution in [0.15, 0.2) is 0 Å². The molecule has 0 amide bonds. The molecule has 3 atom stereocenters. The normalized spacial score (nSPS) is 38.7. The number of fused-ring (bicyclic) bond motifs is 1. The number of hydrogen-bond acceptors (Lipinski definition) is 4. The number of ether oxygens (including phenoxy) is 1. The molecule has 2 aliphatic rings. The highest BCUT2D eigenvalue weighted by atomic mass is 16.5. The molecule has 3 unspecified atom stereocenters. The number of esters is 1. The second kappa shape index (κ2) is 2.81. The topological polar surface area (TPSA) is 67.2 Å². The zero-order valence-electron chi connectivity index (χ0n) is 7.95. The molecule has 2 aliphatic carbocycles. The average molecular weight is 193 g/mol. The number of hydrogen-bond donors (Lipinski definition) is 0. The fraction of sp³-hybridized carbons (Fsp3) is 0.700. The van der Waals surface area contributed by atoms with Gasteiger partial charge in [0.05, 0.1) is 18.6 Å². The Morgan fingerprint density at radius 1 is 1.79 bits per heavy atom. The van der Waals surface area contributed by atoms with E-state index < -0.39 is 11.4 Å². The molecule has 0 aromatic carbocycles. The number of ketones is 1. The Morgan fingerprint density at radius 3 is 2.93 bits per heavy atom. The van der Waals surface area contributed by atoms with Gasteiger partial charge in [0.25, 0.3) is 0 Å². The number of nitrogens with zero attached hydrogens (tertiary/aromatic N) is 1. The number of Topliss-reactive ketones (excluding diaryl/α,β-unsaturated/α-hetero) is 1. The highest BCUT2D eigenvalue weighted by Crippen LogP contribution is 2.65. The van der Waals surface area contributed by atoms with Crippen LogP contribution in [0.1, 0.15) is 19.8 Å². The molecule has 2 rings (SSSR count). The third-order valence-corrected chi connectivity index (χ3v) is 3.22. The number of carbonyl (C=O) groups is 2. The third-order valence-electron chi connectivity index (χ3n) is 3.22. The summed E-state index contributed by atoms with van der Waals surface area (Å²) in [7, 11) is 0. The van der Waals surface area contributed by atoms with Crippen molar-refractivity contribution in [3.8, 4) is 6.07 Å². The molecule has 0 aromatic heterocycles. The van der Waals surface area contributed by atoms with Crippen molar-refractivity contribution in [3.05, 3.63) is 0 Å². The summed E-state index contributed by atoms with van der Waals surface area (Å²) in [5, 5.41) is 8.97. The summed E-state index contributed by atoms with van der Waals surface area (Å²) < 4.78 is 4.83. The summed E-state index contributed by atoms with van der Waals surface area (Å²) in [5.41, 5.74) is -1.12. The van der Waals surface area contributed by atoms with Gasteiger partial charge in [0.2, 0.25) is 0 Å². The van der Waals surface area contributed by atoms with Crippen molar-refractivity contribution in [1.29, 1.82) is 5.26 Å². The van der Waals surface area contributed by atoms with Crippen molar-refractivity contribution in [1.82, 2.24) is 0 Å². The molecule has 4 heteroatoms. The highest BCUT2D eigenvalue weighted by molar-refractivity contribution is 5.99. The van der Waals surface area contributed by atoms with Crippen molar-refractivity contribution >= 4 is 11.8 Å². The fourth-order valence-corrected chi connectivity index (χ4v) is 2.51. The van der Waals surface area contributed by atoms with Crippen LogP contribution in [-0.4, -0.2) is 18.4 Å². The van der Waals surface area contributed by atoms with Crippen LogP contribution in [0.25, 0.3) is 0 Å². The van der Waals surface area contributed by atoms with Crippen LogP contribution in [0, 0.1) is 28.6 Å². The molecule has 14 heavy (non-hydrogen) atoms. The molecule has 0 saturated heterocycles. The van der Waals surface area contributed by atoms with Crippen LogP contribution >= 0.6 is 0 Å². The van der Waals surface area contributed by atoms with Gasteiger partial charge >= 0.3 is 5.97 Å². The van der Waals surface area contributed by atoms with E-state index in [4.69, 9.17) is 10.00 Å². The second-order valence-corrected chi connectivity index (χ2v) is 3.79. The zero-order chi connectivity index (χ0) is 10.3. The maximum atomic E-state index is 11.5. The first-order chi connectivity index (χ1) is 6.68. The number of carbonyl (C=O) groups excluding carboxylic acids is 2. The van der Waals surface area contributed by atoms with E-state index in [-0.39, 0.29) is 24.2 Å². The van der Waals surface area contributed by atoms with Gasteiger partial charge in [0.15, 0.2) is 5.41 Å². The lowest BCUT2D eigenvalue weighted by Crippen LogP contribution is -2.24. The van der Waals surface area contributed by atoms with Crippen molar-refractivity contribution in [2.24, 2.45) is 17.3 Å². The van der Waals surface area contributed by atoms with E-state index >= 15 is 0 Å². The summed E-state index contributed by atoms with van der Waals surface area (Å²) >= 11 is 0. The Labute approximate surface area is 81.8 Å². The zero-order valence-corrected chi connectivity index (χ0v) is 7.95. The molecule has 74 valence electrons. The van der Waals surface area contributed by atoms with Crippen molar-refractivity contribution in [2.45, 2.75) is 19.8 Å². The summed E-state index contributed by atoms with van der Waals surface area (Å²) in [6.45, 7) is 1.96. The predicted octanol–water partition coefficient (Wildman–Crippen LogP) is 0.668. The minimum absolute atomic E-state index is 0.0459. The third kappa shape index (κ3) is 0.872. The Kier molecular flexibility index (Phi) is 1.84. The molecule has 2 saturated carbocycles. The minimum Gasteiger partial charge on any atom is -0.465 e. The smallest absolute Gasteiger partial charge is 0.327 e. The van der Waals surface area contributed by atoms with Crippen LogP contribution in [0.2, 0.25) is 0 Å². The second-order valence-electron chi connectivity index (χ2n) is 3.79. The van der Waals surface area contributed by atoms with Gasteiger partial charge in [-0.1, -0.05) is 0 Å². The van der Waals surface area contributed by atoms with Crippen molar-refractivity contribution in [2.75, 3.05) is 6.61 Å². The first-order valence-corrected chi connectivity index (χ1v) is 4.79. The van der Waals surface area contributed by atoms with Crippen LogP contribution in [0.3, 0.4) is 0 Å². The van der Waals surface area contributed by atoms with E-state index in [0.29, 0.717) is 12.8 Å². The van der Waals surface area contributed by atoms with E-state index in [1.807, 2.05) is 6.07 Å². The fourth-order valence-electron chi connectivity index (χ4n) is 2.51. The Bertz CT molecular complexity index is 344. The number of rotatable bonds is 2. The van der Waals surface area contributed by atoms with Gasteiger partial charge in [-0.25, -0.2) is 0 Å². The Balaban J connectivity index is 2.21. The molecule has 0 bridgehead atoms. The predicted molar refractivity (Wildman–Crippen MR) is 45.9 cm³/mol. The van der Waals surface area contributed by atoms with Crippen LogP contribution < -0.4 is 0 Å². The van der Waals surface area contributed by atoms with E-state index in [0.717, 1.165) is 0 Å². The van der Waals surface area contributed by atoms with E-state index in [9.17, 15) is 9.59 Å². The van der Waals surface area contributed by atoms with E-state index in [1.165, 1.54) is 0 Å². The van der Waals surface area contributed by atoms with Gasteiger partial charge in [-0.2, -0.15) is 5.26 Å². The SMILES string of the molecule is CCOC(=O)C1(C#N)C2CCC(=O)C21. The molecule has 0 N–H and O–H groups in total. The van der Waals surface area contributed by atoms with E-state index in [2.05, 4.69) is 0 Å². The maximum absolute atomic E-state index is 11.5. The van der Waals surface area contributed by atoms with Gasteiger partial charge in [-0.3, -0.25) is 9.59 Å². The Hall–Kier alpha value is -1.37. The molecule has 4 nitrogen and oxygen atoms in total. The molecular formula is C10H11NO3. The molecule has 0 aliphatic heterocycles. The maximum Gasteiger partial charge on any atom is 0.327 e. The standard InChI is InChI=1S/C10H11NO3/c1-2-14-9(13)10(5-11)6-3-4-7(12)8(6)10/h6,8H,2-4H2,1H3. The monoisotopic (exact) mass is 193 g/mol. The van der Waals surface area contributed by atoms with Crippen LogP contribution in [0.4, 0.5) is 0 Å². The summed E-state index contributed by atoms with van der Waals surface area (Å²) in [6, 6.07) is 1.97. The molecule has 0 aromatic rings. The van der Waals surface area contributed by atoms with Gasteiger partial charge in [-0.05, 0) is 13.3 Å². The summed E-state index contributed by atoms with van der Waals surface area (Å²) in [6.07, 6.45) is 1.17. The molecule has 2 fully saturated rings. The first-order valence-electron chi connectivity index (χ1n) is 4.79. The molecule has 0 heterocycles. The van der Waals surface area contributed by atoms with Crippen LogP contribution in [-0.2, 0) is 14.3 Å². The van der Waals surface area contributed by atoms with Gasteiger partial charge in [0.1, 0.15) is 5.78 Å². The first kappa shape index (κ1) is 9.20. The van der Waals surface area contributed by atoms with Crippen molar-refractivity contribution < 1.29 is 14.3 Å². The lowest BCUT2D eigenvalue weighted by molar-refractivity contribution is -0.149. The lowest BCUT2D eigenvalue weighted by atomic mass is 9.97. The summed E-state index contributed by atoms with van der Waals surface area (Å²) in [4.78, 5) is 22.9. The molecule has 0 radical (unpaired) electrons. The quantitative estimate of drug-likeness (QED) is 0.604. The minimum atomic E-state index is -1.12. The van der Waals surface area contributed by atoms with Crippen molar-refractivity contribution in [3.63, 3.8) is 0 Å². The highest BCUT2D eigenvalue weighted by Gasteiger charge is 2.76.